The molecule has 1 aromatic heterocycles. The predicted molar refractivity (Wildman–Crippen MR) is 90.7 cm³/mol. The average Bonchev–Trinajstić information content (AvgIpc) is 3.40. The first-order valence-electron chi connectivity index (χ1n) is 8.72. The van der Waals surface area contributed by atoms with Crippen LogP contribution in [0, 0.1) is 11.8 Å². The third-order valence-electron chi connectivity index (χ3n) is 4.89. The van der Waals surface area contributed by atoms with E-state index >= 15 is 0 Å². The van der Waals surface area contributed by atoms with E-state index in [0.717, 1.165) is 38.3 Å². The van der Waals surface area contributed by atoms with Crippen LogP contribution in [-0.4, -0.2) is 43.8 Å². The molecule has 2 fully saturated rings. The Labute approximate surface area is 143 Å². The number of hydrogen-bond acceptors (Lipinski definition) is 4. The first kappa shape index (κ1) is 17.4. The normalized spacial score (nSPS) is 22.4. The molecule has 24 heavy (non-hydrogen) atoms. The molecule has 0 radical (unpaired) electrons. The summed E-state index contributed by atoms with van der Waals surface area (Å²) in [4.78, 5) is 18.2. The molecule has 1 aliphatic heterocycles. The Hall–Kier alpha value is -1.47. The van der Waals surface area contributed by atoms with Crippen LogP contribution < -0.4 is 4.72 Å². The fourth-order valence-corrected chi connectivity index (χ4v) is 4.18. The Morgan fingerprint density at radius 3 is 2.75 bits per heavy atom. The summed E-state index contributed by atoms with van der Waals surface area (Å²) in [5.74, 6) is 1.38. The van der Waals surface area contributed by atoms with E-state index in [4.69, 9.17) is 0 Å². The number of carbonyl (C=O) groups excluding carboxylic acids is 1. The first-order valence-corrected chi connectivity index (χ1v) is 10.2. The Morgan fingerprint density at radius 1 is 1.21 bits per heavy atom. The Balaban J connectivity index is 1.45. The number of hydrogen-bond donors (Lipinski definition) is 1. The Kier molecular flexibility index (Phi) is 5.50. The molecule has 1 aliphatic carbocycles. The molecule has 1 saturated heterocycles. The molecule has 6 nitrogen and oxygen atoms in total. The number of rotatable bonds is 7. The van der Waals surface area contributed by atoms with E-state index in [2.05, 4.69) is 9.71 Å². The molecule has 0 aromatic carbocycles. The van der Waals surface area contributed by atoms with Crippen molar-refractivity contribution in [3.63, 3.8) is 0 Å². The molecule has 0 bridgehead atoms. The van der Waals surface area contributed by atoms with Gasteiger partial charge in [-0.1, -0.05) is 0 Å². The maximum Gasteiger partial charge on any atom is 0.242 e. The summed E-state index contributed by atoms with van der Waals surface area (Å²) in [5.41, 5.74) is 0. The molecule has 1 amide bonds. The smallest absolute Gasteiger partial charge is 0.242 e. The number of pyridine rings is 1. The lowest BCUT2D eigenvalue weighted by Gasteiger charge is -2.20. The standard InChI is InChI=1S/C17H25N3O3S/c21-17-6-5-14(8-11-20(17)13-15-3-4-15)7-10-19-24(22,23)16-2-1-9-18-12-16/h1-2,9,12,14-15,19H,3-8,10-11,13H2. The summed E-state index contributed by atoms with van der Waals surface area (Å²) in [7, 11) is -3.49. The summed E-state index contributed by atoms with van der Waals surface area (Å²) >= 11 is 0. The van der Waals surface area contributed by atoms with Gasteiger partial charge < -0.3 is 4.90 Å². The highest BCUT2D eigenvalue weighted by atomic mass is 32.2. The molecule has 2 heterocycles. The molecule has 0 spiro atoms. The molecule has 1 saturated carbocycles. The van der Waals surface area contributed by atoms with Gasteiger partial charge in [0.05, 0.1) is 0 Å². The van der Waals surface area contributed by atoms with Crippen LogP contribution in [0.3, 0.4) is 0 Å². The van der Waals surface area contributed by atoms with E-state index in [1.165, 1.54) is 25.1 Å². The van der Waals surface area contributed by atoms with E-state index < -0.39 is 10.0 Å². The average molecular weight is 351 g/mol. The van der Waals surface area contributed by atoms with E-state index in [1.807, 2.05) is 4.90 Å². The second-order valence-electron chi connectivity index (χ2n) is 6.85. The highest BCUT2D eigenvalue weighted by molar-refractivity contribution is 7.89. The van der Waals surface area contributed by atoms with Gasteiger partial charge in [0.1, 0.15) is 4.90 Å². The first-order chi connectivity index (χ1) is 11.5. The van der Waals surface area contributed by atoms with Crippen LogP contribution in [0.5, 0.6) is 0 Å². The van der Waals surface area contributed by atoms with Crippen molar-refractivity contribution >= 4 is 15.9 Å². The largest absolute Gasteiger partial charge is 0.342 e. The van der Waals surface area contributed by atoms with Crippen molar-refractivity contribution in [3.05, 3.63) is 24.5 Å². The molecular formula is C17H25N3O3S. The number of amides is 1. The highest BCUT2D eigenvalue weighted by Gasteiger charge is 2.29. The number of nitrogens with one attached hydrogen (secondary N) is 1. The minimum absolute atomic E-state index is 0.191. The number of nitrogens with zero attached hydrogens (tertiary/aromatic N) is 2. The number of aromatic nitrogens is 1. The van der Waals surface area contributed by atoms with Gasteiger partial charge in [-0.2, -0.15) is 0 Å². The SMILES string of the molecule is O=C1CCC(CCNS(=O)(=O)c2cccnc2)CCN1CC1CC1. The molecule has 132 valence electrons. The molecule has 1 N–H and O–H groups in total. The number of likely N-dealkylation sites (tertiary alicyclic amines) is 1. The summed E-state index contributed by atoms with van der Waals surface area (Å²) < 4.78 is 27.0. The summed E-state index contributed by atoms with van der Waals surface area (Å²) in [6.07, 6.45) is 8.59. The van der Waals surface area contributed by atoms with Crippen molar-refractivity contribution in [1.82, 2.24) is 14.6 Å². The maximum atomic E-state index is 12.2. The van der Waals surface area contributed by atoms with Crippen molar-refractivity contribution in [2.24, 2.45) is 11.8 Å². The zero-order chi connectivity index (χ0) is 17.0. The quantitative estimate of drug-likeness (QED) is 0.812. The van der Waals surface area contributed by atoms with Crippen LogP contribution in [0.15, 0.2) is 29.4 Å². The number of carbonyl (C=O) groups is 1. The molecular weight excluding hydrogens is 326 g/mol. The van der Waals surface area contributed by atoms with E-state index in [1.54, 1.807) is 12.3 Å². The molecule has 1 atom stereocenters. The van der Waals surface area contributed by atoms with Gasteiger partial charge in [-0.15, -0.1) is 0 Å². The van der Waals surface area contributed by atoms with Gasteiger partial charge in [-0.3, -0.25) is 9.78 Å². The topological polar surface area (TPSA) is 79.4 Å². The Morgan fingerprint density at radius 2 is 2.04 bits per heavy atom. The van der Waals surface area contributed by atoms with Crippen molar-refractivity contribution < 1.29 is 13.2 Å². The van der Waals surface area contributed by atoms with Crippen molar-refractivity contribution in [2.75, 3.05) is 19.6 Å². The lowest BCUT2D eigenvalue weighted by atomic mass is 9.97. The van der Waals surface area contributed by atoms with E-state index in [0.29, 0.717) is 18.9 Å². The Bertz CT molecular complexity index is 659. The predicted octanol–water partition coefficient (Wildman–Crippen LogP) is 1.79. The van der Waals surface area contributed by atoms with Crippen molar-refractivity contribution in [2.45, 2.75) is 43.4 Å². The van der Waals surface area contributed by atoms with E-state index in [-0.39, 0.29) is 10.8 Å². The summed E-state index contributed by atoms with van der Waals surface area (Å²) in [6.45, 7) is 2.13. The maximum absolute atomic E-state index is 12.2. The molecule has 3 rings (SSSR count). The fraction of sp³-hybridized carbons (Fsp3) is 0.647. The number of sulfonamides is 1. The molecule has 2 aliphatic rings. The zero-order valence-electron chi connectivity index (χ0n) is 13.9. The lowest BCUT2D eigenvalue weighted by molar-refractivity contribution is -0.130. The zero-order valence-corrected chi connectivity index (χ0v) is 14.7. The third kappa shape index (κ3) is 4.77. The summed E-state index contributed by atoms with van der Waals surface area (Å²) in [5, 5.41) is 0. The minimum Gasteiger partial charge on any atom is -0.342 e. The monoisotopic (exact) mass is 351 g/mol. The van der Waals surface area contributed by atoms with Gasteiger partial charge in [0.2, 0.25) is 15.9 Å². The summed E-state index contributed by atoms with van der Waals surface area (Å²) in [6, 6.07) is 3.15. The van der Waals surface area contributed by atoms with Gasteiger partial charge in [-0.05, 0) is 56.1 Å². The van der Waals surface area contributed by atoms with Gasteiger partial charge >= 0.3 is 0 Å². The molecule has 1 unspecified atom stereocenters. The van der Waals surface area contributed by atoms with Crippen LogP contribution in [0.25, 0.3) is 0 Å². The second kappa shape index (κ2) is 7.61. The van der Waals surface area contributed by atoms with Crippen molar-refractivity contribution in [3.8, 4) is 0 Å². The highest BCUT2D eigenvalue weighted by Crippen LogP contribution is 2.31. The van der Waals surface area contributed by atoms with Gasteiger partial charge in [0.15, 0.2) is 0 Å². The minimum atomic E-state index is -3.49. The van der Waals surface area contributed by atoms with Crippen LogP contribution in [0.2, 0.25) is 0 Å². The van der Waals surface area contributed by atoms with Crippen LogP contribution in [-0.2, 0) is 14.8 Å². The van der Waals surface area contributed by atoms with Crippen LogP contribution in [0.1, 0.15) is 38.5 Å². The molecule has 7 heteroatoms. The van der Waals surface area contributed by atoms with Gasteiger partial charge in [-0.25, -0.2) is 13.1 Å². The second-order valence-corrected chi connectivity index (χ2v) is 8.62. The van der Waals surface area contributed by atoms with Gasteiger partial charge in [0, 0.05) is 38.4 Å². The van der Waals surface area contributed by atoms with E-state index in [9.17, 15) is 13.2 Å². The third-order valence-corrected chi connectivity index (χ3v) is 6.34. The van der Waals surface area contributed by atoms with Crippen LogP contribution >= 0.6 is 0 Å². The van der Waals surface area contributed by atoms with Crippen molar-refractivity contribution in [1.29, 1.82) is 0 Å². The lowest BCUT2D eigenvalue weighted by Crippen LogP contribution is -2.32. The van der Waals surface area contributed by atoms with Gasteiger partial charge in [0.25, 0.3) is 0 Å². The molecule has 1 aromatic rings. The van der Waals surface area contributed by atoms with Crippen LogP contribution in [0.4, 0.5) is 0 Å². The fourth-order valence-electron chi connectivity index (χ4n) is 3.17.